The Hall–Kier alpha value is 0. The van der Waals surface area contributed by atoms with Gasteiger partial charge in [0.05, 0.1) is 0 Å². The van der Waals surface area contributed by atoms with Crippen LogP contribution in [0.4, 0.5) is 0 Å². The Morgan fingerprint density at radius 3 is 1.14 bits per heavy atom. The zero-order chi connectivity index (χ0) is 17.5. The Kier molecular flexibility index (Phi) is 9.99. The third kappa shape index (κ3) is 10.7. The molecular formula is C22H46. The van der Waals surface area contributed by atoms with Crippen LogP contribution in [0, 0.1) is 40.9 Å². The lowest BCUT2D eigenvalue weighted by Gasteiger charge is -2.31. The first-order valence-corrected chi connectivity index (χ1v) is 9.91. The molecule has 0 N–H and O–H groups in total. The maximum absolute atomic E-state index is 2.47. The molecule has 0 fully saturated rings. The molecule has 0 radical (unpaired) electrons. The van der Waals surface area contributed by atoms with E-state index in [1.807, 2.05) is 0 Å². The molecule has 5 unspecified atom stereocenters. The molecule has 134 valence electrons. The van der Waals surface area contributed by atoms with Crippen LogP contribution in [0.2, 0.25) is 0 Å². The Morgan fingerprint density at radius 2 is 0.818 bits per heavy atom. The molecule has 0 saturated heterocycles. The molecule has 0 spiro atoms. The van der Waals surface area contributed by atoms with Crippen molar-refractivity contribution in [3.63, 3.8) is 0 Å². The van der Waals surface area contributed by atoms with Gasteiger partial charge in [-0.15, -0.1) is 0 Å². The van der Waals surface area contributed by atoms with Gasteiger partial charge in [0.15, 0.2) is 0 Å². The smallest absolute Gasteiger partial charge is 0.0357 e. The minimum absolute atomic E-state index is 0.455. The van der Waals surface area contributed by atoms with Crippen molar-refractivity contribution in [1.29, 1.82) is 0 Å². The molecule has 0 aliphatic heterocycles. The number of hydrogen-bond acceptors (Lipinski definition) is 0. The third-order valence-corrected chi connectivity index (χ3v) is 5.52. The van der Waals surface area contributed by atoms with Gasteiger partial charge in [0, 0.05) is 0 Å². The van der Waals surface area contributed by atoms with Gasteiger partial charge >= 0.3 is 0 Å². The van der Waals surface area contributed by atoms with Crippen LogP contribution in [0.1, 0.15) is 101 Å². The minimum atomic E-state index is 0.455. The van der Waals surface area contributed by atoms with Crippen molar-refractivity contribution < 1.29 is 0 Å². The first kappa shape index (κ1) is 22.0. The summed E-state index contributed by atoms with van der Waals surface area (Å²) in [7, 11) is 0. The maximum Gasteiger partial charge on any atom is -0.0357 e. The van der Waals surface area contributed by atoms with E-state index in [1.54, 1.807) is 0 Å². The summed E-state index contributed by atoms with van der Waals surface area (Å²) in [6, 6.07) is 0. The Balaban J connectivity index is 4.08. The van der Waals surface area contributed by atoms with Gasteiger partial charge in [-0.2, -0.15) is 0 Å². The fourth-order valence-electron chi connectivity index (χ4n) is 4.21. The molecule has 5 atom stereocenters. The molecule has 0 amide bonds. The second-order valence-electron chi connectivity index (χ2n) is 10.3. The summed E-state index contributed by atoms with van der Waals surface area (Å²) in [4.78, 5) is 0. The van der Waals surface area contributed by atoms with Crippen LogP contribution in [0.25, 0.3) is 0 Å². The molecule has 0 rings (SSSR count). The van der Waals surface area contributed by atoms with Gasteiger partial charge < -0.3 is 0 Å². The summed E-state index contributed by atoms with van der Waals surface area (Å²) < 4.78 is 0. The summed E-state index contributed by atoms with van der Waals surface area (Å²) >= 11 is 0. The van der Waals surface area contributed by atoms with E-state index in [0.29, 0.717) is 5.41 Å². The van der Waals surface area contributed by atoms with Crippen molar-refractivity contribution in [3.8, 4) is 0 Å². The third-order valence-electron chi connectivity index (χ3n) is 5.52. The zero-order valence-electron chi connectivity index (χ0n) is 17.5. The molecule has 0 nitrogen and oxygen atoms in total. The highest BCUT2D eigenvalue weighted by atomic mass is 14.3. The van der Waals surface area contributed by atoms with Crippen LogP contribution in [0.5, 0.6) is 0 Å². The second kappa shape index (κ2) is 9.99. The van der Waals surface area contributed by atoms with E-state index in [4.69, 9.17) is 0 Å². The first-order chi connectivity index (χ1) is 9.91. The molecule has 0 saturated carbocycles. The van der Waals surface area contributed by atoms with Gasteiger partial charge in [0.1, 0.15) is 0 Å². The van der Waals surface area contributed by atoms with Gasteiger partial charge in [-0.25, -0.2) is 0 Å². The Labute approximate surface area is 142 Å². The average molecular weight is 311 g/mol. The fraction of sp³-hybridized carbons (Fsp3) is 1.00. The summed E-state index contributed by atoms with van der Waals surface area (Å²) in [5, 5.41) is 0. The van der Waals surface area contributed by atoms with Crippen molar-refractivity contribution in [2.45, 2.75) is 101 Å². The van der Waals surface area contributed by atoms with Crippen LogP contribution in [0.15, 0.2) is 0 Å². The van der Waals surface area contributed by atoms with Gasteiger partial charge in [-0.3, -0.25) is 0 Å². The maximum atomic E-state index is 2.47. The molecule has 22 heavy (non-hydrogen) atoms. The van der Waals surface area contributed by atoms with Crippen LogP contribution in [-0.2, 0) is 0 Å². The standard InChI is InChI=1S/C22H46/c1-16(2)11-17(3)12-18(4)13-19(5)14-20(6)15-21(7)22(8,9)10/h16-21H,11-15H2,1-10H3. The zero-order valence-corrected chi connectivity index (χ0v) is 17.5. The minimum Gasteiger partial charge on any atom is -0.0628 e. The van der Waals surface area contributed by atoms with Crippen LogP contribution >= 0.6 is 0 Å². The summed E-state index contributed by atoms with van der Waals surface area (Å²) in [5.74, 6) is 5.18. The molecule has 0 heteroatoms. The lowest BCUT2D eigenvalue weighted by Crippen LogP contribution is -2.20. The molecule has 0 aromatic carbocycles. The normalized spacial score (nSPS) is 19.8. The monoisotopic (exact) mass is 310 g/mol. The van der Waals surface area contributed by atoms with Crippen molar-refractivity contribution in [2.75, 3.05) is 0 Å². The molecule has 0 heterocycles. The van der Waals surface area contributed by atoms with Crippen molar-refractivity contribution in [2.24, 2.45) is 40.9 Å². The van der Waals surface area contributed by atoms with E-state index in [9.17, 15) is 0 Å². The summed E-state index contributed by atoms with van der Waals surface area (Å²) in [5.41, 5.74) is 0.455. The van der Waals surface area contributed by atoms with E-state index < -0.39 is 0 Å². The molecular weight excluding hydrogens is 264 g/mol. The van der Waals surface area contributed by atoms with Gasteiger partial charge in [0.25, 0.3) is 0 Å². The number of rotatable bonds is 10. The Morgan fingerprint density at radius 1 is 0.500 bits per heavy atom. The highest BCUT2D eigenvalue weighted by molar-refractivity contribution is 4.74. The van der Waals surface area contributed by atoms with Gasteiger partial charge in [-0.1, -0.05) is 69.2 Å². The highest BCUT2D eigenvalue weighted by Crippen LogP contribution is 2.34. The summed E-state index contributed by atoms with van der Waals surface area (Å²) in [6.07, 6.45) is 7.00. The largest absolute Gasteiger partial charge is 0.0628 e. The topological polar surface area (TPSA) is 0 Å². The van der Waals surface area contributed by atoms with Crippen molar-refractivity contribution in [3.05, 3.63) is 0 Å². The fourth-order valence-corrected chi connectivity index (χ4v) is 4.21. The van der Waals surface area contributed by atoms with Crippen LogP contribution in [-0.4, -0.2) is 0 Å². The van der Waals surface area contributed by atoms with Gasteiger partial charge in [-0.05, 0) is 73.0 Å². The quantitative estimate of drug-likeness (QED) is 0.386. The lowest BCUT2D eigenvalue weighted by atomic mass is 9.75. The van der Waals surface area contributed by atoms with E-state index in [1.165, 1.54) is 32.1 Å². The Bertz CT molecular complexity index is 270. The molecule has 0 aromatic rings. The van der Waals surface area contributed by atoms with Crippen LogP contribution in [0.3, 0.4) is 0 Å². The SMILES string of the molecule is CC(C)CC(C)CC(C)CC(C)CC(C)CC(C)C(C)(C)C. The summed E-state index contributed by atoms with van der Waals surface area (Å²) in [6.45, 7) is 24.1. The molecule has 0 bridgehead atoms. The predicted octanol–water partition coefficient (Wildman–Crippen LogP) is 7.82. The highest BCUT2D eigenvalue weighted by Gasteiger charge is 2.23. The molecule has 0 aliphatic rings. The molecule has 0 aromatic heterocycles. The molecule has 0 aliphatic carbocycles. The van der Waals surface area contributed by atoms with Crippen LogP contribution < -0.4 is 0 Å². The number of hydrogen-bond donors (Lipinski definition) is 0. The van der Waals surface area contributed by atoms with E-state index in [-0.39, 0.29) is 0 Å². The van der Waals surface area contributed by atoms with E-state index >= 15 is 0 Å². The van der Waals surface area contributed by atoms with Crippen molar-refractivity contribution in [1.82, 2.24) is 0 Å². The average Bonchev–Trinajstić information content (AvgIpc) is 2.24. The predicted molar refractivity (Wildman–Crippen MR) is 103 cm³/mol. The van der Waals surface area contributed by atoms with E-state index in [2.05, 4.69) is 69.2 Å². The van der Waals surface area contributed by atoms with E-state index in [0.717, 1.165) is 35.5 Å². The van der Waals surface area contributed by atoms with Gasteiger partial charge in [0.2, 0.25) is 0 Å². The second-order valence-corrected chi connectivity index (χ2v) is 10.3. The van der Waals surface area contributed by atoms with Crippen molar-refractivity contribution >= 4 is 0 Å². The lowest BCUT2D eigenvalue weighted by molar-refractivity contribution is 0.200. The first-order valence-electron chi connectivity index (χ1n) is 9.91.